The molecule has 4 aliphatic rings. The van der Waals surface area contributed by atoms with Crippen LogP contribution in [0.4, 0.5) is 0 Å². The van der Waals surface area contributed by atoms with Crippen LogP contribution >= 0.6 is 0 Å². The second-order valence-electron chi connectivity index (χ2n) is 7.65. The van der Waals surface area contributed by atoms with Crippen LogP contribution in [0.1, 0.15) is 31.1 Å². The first-order valence-corrected chi connectivity index (χ1v) is 9.18. The van der Waals surface area contributed by atoms with Gasteiger partial charge >= 0.3 is 0 Å². The third kappa shape index (κ3) is 1.96. The molecule has 1 aliphatic carbocycles. The SMILES string of the molecule is COC1=CC2(C=CC1=O)c1c(cc3c(c1OC)OCO3)C1OC2C(C)C1C. The van der Waals surface area contributed by atoms with E-state index < -0.39 is 5.41 Å². The smallest absolute Gasteiger partial charge is 0.231 e. The highest BCUT2D eigenvalue weighted by molar-refractivity contribution is 6.04. The van der Waals surface area contributed by atoms with Crippen molar-refractivity contribution < 1.29 is 28.5 Å². The Kier molecular flexibility index (Phi) is 3.41. The molecule has 142 valence electrons. The predicted octanol–water partition coefficient (Wildman–Crippen LogP) is 3.06. The van der Waals surface area contributed by atoms with Gasteiger partial charge in [-0.2, -0.15) is 0 Å². The highest BCUT2D eigenvalue weighted by Gasteiger charge is 2.58. The van der Waals surface area contributed by atoms with Gasteiger partial charge in [0.15, 0.2) is 17.3 Å². The predicted molar refractivity (Wildman–Crippen MR) is 96.0 cm³/mol. The fraction of sp³-hybridized carbons (Fsp3) is 0.476. The zero-order valence-electron chi connectivity index (χ0n) is 15.8. The number of carbonyl (C=O) groups is 1. The molecule has 1 saturated heterocycles. The Morgan fingerprint density at radius 3 is 2.70 bits per heavy atom. The quantitative estimate of drug-likeness (QED) is 0.797. The summed E-state index contributed by atoms with van der Waals surface area (Å²) in [5, 5.41) is 0. The van der Waals surface area contributed by atoms with E-state index in [0.717, 1.165) is 11.1 Å². The maximum atomic E-state index is 12.3. The molecule has 0 aromatic heterocycles. The number of methoxy groups -OCH3 is 2. The molecule has 5 atom stereocenters. The minimum atomic E-state index is -0.665. The lowest BCUT2D eigenvalue weighted by molar-refractivity contribution is -0.114. The topological polar surface area (TPSA) is 63.2 Å². The molecule has 1 fully saturated rings. The van der Waals surface area contributed by atoms with E-state index in [1.165, 1.54) is 7.11 Å². The lowest BCUT2D eigenvalue weighted by Gasteiger charge is -2.43. The second-order valence-corrected chi connectivity index (χ2v) is 7.65. The second kappa shape index (κ2) is 5.52. The summed E-state index contributed by atoms with van der Waals surface area (Å²) in [6, 6.07) is 2.00. The third-order valence-electron chi connectivity index (χ3n) is 6.49. The first kappa shape index (κ1) is 16.7. The van der Waals surface area contributed by atoms with Gasteiger partial charge < -0.3 is 23.7 Å². The summed E-state index contributed by atoms with van der Waals surface area (Å²) < 4.78 is 29.1. The van der Waals surface area contributed by atoms with Crippen LogP contribution in [0.2, 0.25) is 0 Å². The molecule has 0 radical (unpaired) electrons. The molecule has 1 aromatic carbocycles. The van der Waals surface area contributed by atoms with Crippen molar-refractivity contribution in [3.05, 3.63) is 41.2 Å². The van der Waals surface area contributed by atoms with Crippen LogP contribution in [0.3, 0.4) is 0 Å². The molecule has 27 heavy (non-hydrogen) atoms. The van der Waals surface area contributed by atoms with Crippen LogP contribution in [-0.2, 0) is 19.7 Å². The summed E-state index contributed by atoms with van der Waals surface area (Å²) in [5.41, 5.74) is 1.33. The fourth-order valence-electron chi connectivity index (χ4n) is 5.02. The van der Waals surface area contributed by atoms with Crippen molar-refractivity contribution in [3.63, 3.8) is 0 Å². The van der Waals surface area contributed by atoms with Gasteiger partial charge in [0.1, 0.15) is 0 Å². The molecular formula is C21H22O6. The number of benzene rings is 1. The molecule has 6 nitrogen and oxygen atoms in total. The normalized spacial score (nSPS) is 35.3. The number of hydrogen-bond donors (Lipinski definition) is 0. The van der Waals surface area contributed by atoms with Gasteiger partial charge in [0.05, 0.1) is 31.8 Å². The van der Waals surface area contributed by atoms with Crippen LogP contribution in [-0.4, -0.2) is 32.9 Å². The maximum absolute atomic E-state index is 12.3. The highest BCUT2D eigenvalue weighted by Crippen LogP contribution is 2.62. The molecule has 1 aromatic rings. The lowest BCUT2D eigenvalue weighted by Crippen LogP contribution is -2.44. The van der Waals surface area contributed by atoms with Gasteiger partial charge in [-0.1, -0.05) is 19.9 Å². The summed E-state index contributed by atoms with van der Waals surface area (Å²) in [6.45, 7) is 4.56. The van der Waals surface area contributed by atoms with Crippen LogP contribution in [0.5, 0.6) is 17.2 Å². The van der Waals surface area contributed by atoms with Crippen LogP contribution in [0.25, 0.3) is 0 Å². The average Bonchev–Trinajstić information content (AvgIpc) is 3.25. The molecule has 1 spiro atoms. The third-order valence-corrected chi connectivity index (χ3v) is 6.49. The van der Waals surface area contributed by atoms with E-state index in [1.807, 2.05) is 18.2 Å². The Morgan fingerprint density at radius 1 is 1.15 bits per heavy atom. The van der Waals surface area contributed by atoms with E-state index in [9.17, 15) is 4.79 Å². The monoisotopic (exact) mass is 370 g/mol. The molecule has 2 bridgehead atoms. The van der Waals surface area contributed by atoms with Crippen LogP contribution in [0.15, 0.2) is 30.1 Å². The molecule has 0 N–H and O–H groups in total. The number of ketones is 1. The van der Waals surface area contributed by atoms with Gasteiger partial charge in [0, 0.05) is 5.56 Å². The molecule has 5 rings (SSSR count). The number of rotatable bonds is 2. The number of hydrogen-bond acceptors (Lipinski definition) is 6. The summed E-state index contributed by atoms with van der Waals surface area (Å²) in [6.07, 6.45) is 5.20. The molecule has 3 heterocycles. The summed E-state index contributed by atoms with van der Waals surface area (Å²) >= 11 is 0. The zero-order valence-corrected chi connectivity index (χ0v) is 15.8. The van der Waals surface area contributed by atoms with E-state index in [1.54, 1.807) is 13.2 Å². The van der Waals surface area contributed by atoms with Gasteiger partial charge in [0.25, 0.3) is 0 Å². The summed E-state index contributed by atoms with van der Waals surface area (Å²) in [5.74, 6) is 2.67. The van der Waals surface area contributed by atoms with Crippen molar-refractivity contribution in [2.24, 2.45) is 11.8 Å². The van der Waals surface area contributed by atoms with Gasteiger partial charge in [-0.3, -0.25) is 4.79 Å². The van der Waals surface area contributed by atoms with Crippen molar-refractivity contribution in [1.29, 1.82) is 0 Å². The molecule has 6 heteroatoms. The van der Waals surface area contributed by atoms with E-state index in [2.05, 4.69) is 13.8 Å². The largest absolute Gasteiger partial charge is 0.493 e. The number of fused-ring (bicyclic) bond motifs is 7. The zero-order chi connectivity index (χ0) is 18.9. The molecule has 3 aliphatic heterocycles. The Labute approximate surface area is 157 Å². The number of ether oxygens (including phenoxy) is 5. The van der Waals surface area contributed by atoms with E-state index in [-0.39, 0.29) is 30.7 Å². The first-order valence-electron chi connectivity index (χ1n) is 9.18. The van der Waals surface area contributed by atoms with E-state index >= 15 is 0 Å². The molecule has 5 unspecified atom stereocenters. The summed E-state index contributed by atoms with van der Waals surface area (Å²) in [4.78, 5) is 12.3. The summed E-state index contributed by atoms with van der Waals surface area (Å²) in [7, 11) is 3.15. The molecule has 0 amide bonds. The minimum Gasteiger partial charge on any atom is -0.493 e. The van der Waals surface area contributed by atoms with Crippen molar-refractivity contribution in [2.75, 3.05) is 21.0 Å². The minimum absolute atomic E-state index is 0.0561. The molecular weight excluding hydrogens is 348 g/mol. The molecule has 0 saturated carbocycles. The van der Waals surface area contributed by atoms with Gasteiger partial charge in [0.2, 0.25) is 18.3 Å². The van der Waals surface area contributed by atoms with Gasteiger partial charge in [-0.05, 0) is 35.6 Å². The van der Waals surface area contributed by atoms with Gasteiger partial charge in [-0.15, -0.1) is 0 Å². The standard InChI is InChI=1S/C21H22O6/c1-10-11(2)20-21(6-5-13(22)15(8-21)23-3)16-12(17(10)27-20)7-14-18(19(16)24-4)26-9-25-14/h5-8,10-11,17,20H,9H2,1-4H3. The maximum Gasteiger partial charge on any atom is 0.231 e. The van der Waals surface area contributed by atoms with Gasteiger partial charge in [-0.25, -0.2) is 0 Å². The van der Waals surface area contributed by atoms with Crippen LogP contribution < -0.4 is 14.2 Å². The van der Waals surface area contributed by atoms with Crippen molar-refractivity contribution in [2.45, 2.75) is 31.5 Å². The Bertz CT molecular complexity index is 900. The Balaban J connectivity index is 1.86. The first-order chi connectivity index (χ1) is 13.0. The average molecular weight is 370 g/mol. The lowest BCUT2D eigenvalue weighted by atomic mass is 9.68. The van der Waals surface area contributed by atoms with Crippen molar-refractivity contribution in [1.82, 2.24) is 0 Å². The van der Waals surface area contributed by atoms with Crippen molar-refractivity contribution in [3.8, 4) is 17.2 Å². The number of carbonyl (C=O) groups excluding carboxylic acids is 1. The highest BCUT2D eigenvalue weighted by atomic mass is 16.7. The fourth-order valence-corrected chi connectivity index (χ4v) is 5.02. The number of allylic oxidation sites excluding steroid dienone is 1. The van der Waals surface area contributed by atoms with E-state index in [0.29, 0.717) is 28.9 Å². The van der Waals surface area contributed by atoms with Crippen molar-refractivity contribution >= 4 is 5.78 Å². The Morgan fingerprint density at radius 2 is 1.96 bits per heavy atom. The van der Waals surface area contributed by atoms with E-state index in [4.69, 9.17) is 23.7 Å². The Hall–Kier alpha value is -2.47. The van der Waals surface area contributed by atoms with Crippen LogP contribution in [0, 0.1) is 11.8 Å².